The number of halogens is 2. The van der Waals surface area contributed by atoms with Crippen molar-refractivity contribution in [3.63, 3.8) is 0 Å². The van der Waals surface area contributed by atoms with Gasteiger partial charge in [-0.3, -0.25) is 9.59 Å². The molecule has 0 radical (unpaired) electrons. The maximum atomic E-state index is 13.5. The van der Waals surface area contributed by atoms with Crippen LogP contribution in [0.5, 0.6) is 0 Å². The Morgan fingerprint density at radius 2 is 1.68 bits per heavy atom. The minimum atomic E-state index is -0.912. The Morgan fingerprint density at radius 3 is 2.41 bits per heavy atom. The maximum absolute atomic E-state index is 13.5. The van der Waals surface area contributed by atoms with Gasteiger partial charge in [-0.25, -0.2) is 8.78 Å². The van der Waals surface area contributed by atoms with Crippen molar-refractivity contribution in [3.8, 4) is 0 Å². The highest BCUT2D eigenvalue weighted by Crippen LogP contribution is 2.18. The number of hydrogen-bond acceptors (Lipinski definition) is 2. The fraction of sp³-hybridized carbons (Fsp3) is 0. The summed E-state index contributed by atoms with van der Waals surface area (Å²) in [5.74, 6) is -2.70. The molecule has 0 bridgehead atoms. The molecule has 1 amide bonds. The van der Waals surface area contributed by atoms with E-state index in [1.807, 2.05) is 0 Å². The first-order chi connectivity index (χ1) is 10.6. The van der Waals surface area contributed by atoms with Gasteiger partial charge in [0.2, 0.25) is 5.43 Å². The van der Waals surface area contributed by atoms with Gasteiger partial charge in [0.15, 0.2) is 0 Å². The molecule has 110 valence electrons. The Morgan fingerprint density at radius 1 is 1.00 bits per heavy atom. The lowest BCUT2D eigenvalue weighted by atomic mass is 10.1. The van der Waals surface area contributed by atoms with Crippen LogP contribution >= 0.6 is 0 Å². The zero-order valence-corrected chi connectivity index (χ0v) is 11.2. The van der Waals surface area contributed by atoms with E-state index >= 15 is 0 Å². The third kappa shape index (κ3) is 2.35. The minimum absolute atomic E-state index is 0.221. The van der Waals surface area contributed by atoms with Crippen LogP contribution in [-0.2, 0) is 0 Å². The molecule has 3 aromatic rings. The van der Waals surface area contributed by atoms with Crippen LogP contribution in [0.25, 0.3) is 10.9 Å². The molecule has 2 N–H and O–H groups in total. The number of carbonyl (C=O) groups excluding carboxylic acids is 1. The van der Waals surface area contributed by atoms with E-state index in [2.05, 4.69) is 10.3 Å². The number of hydrogen-bond donors (Lipinski definition) is 2. The monoisotopic (exact) mass is 300 g/mol. The lowest BCUT2D eigenvalue weighted by Crippen LogP contribution is -2.22. The van der Waals surface area contributed by atoms with Gasteiger partial charge in [-0.2, -0.15) is 0 Å². The number of amides is 1. The van der Waals surface area contributed by atoms with Gasteiger partial charge in [0, 0.05) is 17.1 Å². The predicted octanol–water partition coefficient (Wildman–Crippen LogP) is 3.06. The molecular formula is C16H10F2N2O2. The third-order valence-corrected chi connectivity index (χ3v) is 3.23. The molecule has 1 heterocycles. The van der Waals surface area contributed by atoms with Crippen LogP contribution in [0, 0.1) is 11.6 Å². The van der Waals surface area contributed by atoms with Crippen LogP contribution in [0.2, 0.25) is 0 Å². The lowest BCUT2D eigenvalue weighted by molar-refractivity contribution is 0.102. The van der Waals surface area contributed by atoms with Gasteiger partial charge in [0.25, 0.3) is 5.91 Å². The first-order valence-corrected chi connectivity index (χ1v) is 6.43. The Balaban J connectivity index is 2.03. The van der Waals surface area contributed by atoms with Crippen molar-refractivity contribution in [1.82, 2.24) is 4.98 Å². The van der Waals surface area contributed by atoms with E-state index in [0.717, 1.165) is 12.1 Å². The Kier molecular flexibility index (Phi) is 3.42. The van der Waals surface area contributed by atoms with E-state index in [0.29, 0.717) is 10.9 Å². The molecule has 0 aliphatic heterocycles. The quantitative estimate of drug-likeness (QED) is 0.764. The van der Waals surface area contributed by atoms with Gasteiger partial charge in [-0.15, -0.1) is 0 Å². The summed E-state index contributed by atoms with van der Waals surface area (Å²) in [6.45, 7) is 0. The van der Waals surface area contributed by atoms with E-state index in [4.69, 9.17) is 0 Å². The Hall–Kier alpha value is -3.02. The maximum Gasteiger partial charge on any atom is 0.261 e. The largest absolute Gasteiger partial charge is 0.360 e. The molecule has 6 heteroatoms. The molecule has 0 saturated heterocycles. The summed E-state index contributed by atoms with van der Waals surface area (Å²) in [5.41, 5.74) is -0.744. The van der Waals surface area contributed by atoms with Gasteiger partial charge >= 0.3 is 0 Å². The molecule has 1 aromatic heterocycles. The second-order valence-corrected chi connectivity index (χ2v) is 4.63. The Labute approximate surface area is 123 Å². The molecule has 4 nitrogen and oxygen atoms in total. The fourth-order valence-corrected chi connectivity index (χ4v) is 2.13. The average molecular weight is 300 g/mol. The van der Waals surface area contributed by atoms with Crippen molar-refractivity contribution >= 4 is 22.5 Å². The van der Waals surface area contributed by atoms with Crippen LogP contribution < -0.4 is 10.7 Å². The second-order valence-electron chi connectivity index (χ2n) is 4.63. The van der Waals surface area contributed by atoms with E-state index in [1.54, 1.807) is 24.3 Å². The predicted molar refractivity (Wildman–Crippen MR) is 78.9 cm³/mol. The van der Waals surface area contributed by atoms with Crippen molar-refractivity contribution in [2.45, 2.75) is 0 Å². The number of aromatic amines is 1. The molecule has 22 heavy (non-hydrogen) atoms. The van der Waals surface area contributed by atoms with E-state index in [9.17, 15) is 18.4 Å². The smallest absolute Gasteiger partial charge is 0.261 e. The molecule has 0 fully saturated rings. The van der Waals surface area contributed by atoms with Crippen LogP contribution in [0.15, 0.2) is 53.5 Å². The molecule has 2 aromatic carbocycles. The van der Waals surface area contributed by atoms with E-state index < -0.39 is 28.7 Å². The standard InChI is InChI=1S/C16H10F2N2O2/c17-11-5-3-6-12(18)14(11)20-16(22)10-8-19-13-7-2-1-4-9(13)15(10)21/h1-8H,(H,19,21)(H,20,22). The number of aromatic nitrogens is 1. The van der Waals surface area contributed by atoms with E-state index in [1.165, 1.54) is 12.3 Å². The molecular weight excluding hydrogens is 290 g/mol. The zero-order valence-electron chi connectivity index (χ0n) is 11.2. The molecule has 0 aliphatic carbocycles. The molecule has 0 aliphatic rings. The summed E-state index contributed by atoms with van der Waals surface area (Å²) in [4.78, 5) is 27.2. The first-order valence-electron chi connectivity index (χ1n) is 6.43. The summed E-state index contributed by atoms with van der Waals surface area (Å²) in [7, 11) is 0. The van der Waals surface area contributed by atoms with E-state index in [-0.39, 0.29) is 5.56 Å². The normalized spacial score (nSPS) is 10.6. The van der Waals surface area contributed by atoms with Gasteiger partial charge in [0.05, 0.1) is 0 Å². The molecule has 0 saturated carbocycles. The van der Waals surface area contributed by atoms with Gasteiger partial charge in [-0.05, 0) is 24.3 Å². The summed E-state index contributed by atoms with van der Waals surface area (Å²) in [5, 5.41) is 2.41. The van der Waals surface area contributed by atoms with Crippen molar-refractivity contribution < 1.29 is 13.6 Å². The summed E-state index contributed by atoms with van der Waals surface area (Å²) >= 11 is 0. The van der Waals surface area contributed by atoms with Crippen molar-refractivity contribution in [1.29, 1.82) is 0 Å². The minimum Gasteiger partial charge on any atom is -0.360 e. The number of rotatable bonds is 2. The summed E-state index contributed by atoms with van der Waals surface area (Å²) < 4.78 is 27.1. The van der Waals surface area contributed by atoms with Crippen molar-refractivity contribution in [2.75, 3.05) is 5.32 Å². The highest BCUT2D eigenvalue weighted by molar-refractivity contribution is 6.05. The van der Waals surface area contributed by atoms with Crippen LogP contribution in [-0.4, -0.2) is 10.9 Å². The highest BCUT2D eigenvalue weighted by Gasteiger charge is 2.16. The van der Waals surface area contributed by atoms with Crippen molar-refractivity contribution in [3.05, 3.63) is 76.1 Å². The molecule has 0 atom stereocenters. The lowest BCUT2D eigenvalue weighted by Gasteiger charge is -2.07. The number of carbonyl (C=O) groups is 1. The number of nitrogens with one attached hydrogen (secondary N) is 2. The molecule has 3 rings (SSSR count). The highest BCUT2D eigenvalue weighted by atomic mass is 19.1. The van der Waals surface area contributed by atoms with Gasteiger partial charge < -0.3 is 10.3 Å². The molecule has 0 spiro atoms. The van der Waals surface area contributed by atoms with Crippen molar-refractivity contribution in [2.24, 2.45) is 0 Å². The first kappa shape index (κ1) is 13.9. The molecule has 0 unspecified atom stereocenters. The van der Waals surface area contributed by atoms with Crippen LogP contribution in [0.3, 0.4) is 0 Å². The number of anilines is 1. The topological polar surface area (TPSA) is 62.0 Å². The number of fused-ring (bicyclic) bond motifs is 1. The SMILES string of the molecule is O=C(Nc1c(F)cccc1F)c1c[nH]c2ccccc2c1=O. The van der Waals surface area contributed by atoms with Gasteiger partial charge in [0.1, 0.15) is 22.9 Å². The summed E-state index contributed by atoms with van der Waals surface area (Å²) in [6.07, 6.45) is 1.22. The number of pyridine rings is 1. The number of H-pyrrole nitrogens is 1. The second kappa shape index (κ2) is 5.40. The van der Waals surface area contributed by atoms with Crippen LogP contribution in [0.1, 0.15) is 10.4 Å². The fourth-order valence-electron chi connectivity index (χ4n) is 2.13. The zero-order chi connectivity index (χ0) is 15.7. The van der Waals surface area contributed by atoms with Crippen LogP contribution in [0.4, 0.5) is 14.5 Å². The average Bonchev–Trinajstić information content (AvgIpc) is 2.51. The number of para-hydroxylation sites is 2. The van der Waals surface area contributed by atoms with Gasteiger partial charge in [-0.1, -0.05) is 18.2 Å². The summed E-state index contributed by atoms with van der Waals surface area (Å²) in [6, 6.07) is 9.88. The Bertz CT molecular complexity index is 915. The third-order valence-electron chi connectivity index (χ3n) is 3.23. The number of benzene rings is 2.